The average Bonchev–Trinajstić information content (AvgIpc) is 2.62. The number of ether oxygens (including phenoxy) is 2. The van der Waals surface area contributed by atoms with Gasteiger partial charge in [0.25, 0.3) is 5.56 Å². The zero-order chi connectivity index (χ0) is 18.7. The third kappa shape index (κ3) is 3.55. The molecule has 2 aromatic carbocycles. The highest BCUT2D eigenvalue weighted by atomic mass is 32.1. The second kappa shape index (κ2) is 7.32. The second-order valence-corrected chi connectivity index (χ2v) is 5.73. The molecule has 1 aromatic heterocycles. The van der Waals surface area contributed by atoms with Gasteiger partial charge in [-0.15, -0.1) is 0 Å². The largest absolute Gasteiger partial charge is 0.493 e. The highest BCUT2D eigenvalue weighted by Gasteiger charge is 2.08. The molecule has 0 amide bonds. The van der Waals surface area contributed by atoms with Crippen LogP contribution in [0, 0.1) is 4.77 Å². The number of fused-ring (bicyclic) bond motifs is 1. The summed E-state index contributed by atoms with van der Waals surface area (Å²) < 4.78 is 11.6. The molecule has 132 valence electrons. The van der Waals surface area contributed by atoms with Crippen molar-refractivity contribution in [2.24, 2.45) is 5.10 Å². The van der Waals surface area contributed by atoms with Crippen molar-refractivity contribution in [2.75, 3.05) is 7.11 Å². The van der Waals surface area contributed by atoms with Crippen molar-refractivity contribution in [3.63, 3.8) is 0 Å². The number of H-pyrrole nitrogens is 1. The van der Waals surface area contributed by atoms with Crippen LogP contribution < -0.4 is 15.0 Å². The lowest BCUT2D eigenvalue weighted by Gasteiger charge is -2.08. The summed E-state index contributed by atoms with van der Waals surface area (Å²) in [6.07, 6.45) is 1.47. The maximum Gasteiger partial charge on any atom is 0.308 e. The van der Waals surface area contributed by atoms with Crippen LogP contribution in [0.3, 0.4) is 0 Å². The van der Waals surface area contributed by atoms with Crippen LogP contribution >= 0.6 is 12.2 Å². The minimum Gasteiger partial charge on any atom is -0.493 e. The molecule has 3 aromatic rings. The number of rotatable bonds is 4. The van der Waals surface area contributed by atoms with E-state index in [2.05, 4.69) is 10.1 Å². The van der Waals surface area contributed by atoms with Crippen LogP contribution in [0.15, 0.2) is 52.4 Å². The number of carbonyl (C=O) groups is 1. The van der Waals surface area contributed by atoms with Gasteiger partial charge in [0.05, 0.1) is 24.2 Å². The molecule has 0 radical (unpaired) electrons. The summed E-state index contributed by atoms with van der Waals surface area (Å²) in [6, 6.07) is 12.0. The summed E-state index contributed by atoms with van der Waals surface area (Å²) >= 11 is 5.21. The number of benzene rings is 2. The van der Waals surface area contributed by atoms with Crippen molar-refractivity contribution in [3.05, 3.63) is 63.2 Å². The van der Waals surface area contributed by atoms with E-state index in [1.165, 1.54) is 20.2 Å². The predicted octanol–water partition coefficient (Wildman–Crippen LogP) is 2.88. The predicted molar refractivity (Wildman–Crippen MR) is 101 cm³/mol. The van der Waals surface area contributed by atoms with Gasteiger partial charge in [0.1, 0.15) is 0 Å². The Morgan fingerprint density at radius 3 is 2.73 bits per heavy atom. The number of aromatic nitrogens is 2. The standard InChI is InChI=1S/C18H15N3O4S/c1-11(22)25-15-8-7-12(9-16(15)24-2)10-19-21-17(23)13-5-3-4-6-14(13)20-18(21)26/h3-10H,1-2H3,(H,20,26)/b19-10-. The zero-order valence-corrected chi connectivity index (χ0v) is 14.9. The molecule has 3 rings (SSSR count). The van der Waals surface area contributed by atoms with Crippen LogP contribution in [0.1, 0.15) is 12.5 Å². The Kier molecular flexibility index (Phi) is 4.94. The molecular weight excluding hydrogens is 354 g/mol. The molecule has 0 aliphatic heterocycles. The zero-order valence-electron chi connectivity index (χ0n) is 14.1. The molecule has 7 nitrogen and oxygen atoms in total. The molecule has 0 bridgehead atoms. The van der Waals surface area contributed by atoms with Gasteiger partial charge in [0, 0.05) is 6.92 Å². The van der Waals surface area contributed by atoms with E-state index in [0.29, 0.717) is 28.0 Å². The number of para-hydroxylation sites is 1. The molecule has 0 unspecified atom stereocenters. The van der Waals surface area contributed by atoms with E-state index >= 15 is 0 Å². The molecule has 0 aliphatic rings. The summed E-state index contributed by atoms with van der Waals surface area (Å²) in [5.41, 5.74) is 0.984. The quantitative estimate of drug-likeness (QED) is 0.331. The minimum absolute atomic E-state index is 0.188. The third-order valence-electron chi connectivity index (χ3n) is 3.55. The summed E-state index contributed by atoms with van der Waals surface area (Å²) in [7, 11) is 1.47. The number of nitrogens with one attached hydrogen (secondary N) is 1. The first-order valence-corrected chi connectivity index (χ1v) is 8.05. The molecule has 0 spiro atoms. The molecule has 0 saturated carbocycles. The maximum absolute atomic E-state index is 12.5. The SMILES string of the molecule is COc1cc(/C=N\n2c(=S)[nH]c3ccccc3c2=O)ccc1OC(C)=O. The van der Waals surface area contributed by atoms with E-state index in [0.717, 1.165) is 4.68 Å². The summed E-state index contributed by atoms with van der Waals surface area (Å²) in [4.78, 5) is 26.6. The second-order valence-electron chi connectivity index (χ2n) is 5.34. The van der Waals surface area contributed by atoms with E-state index in [1.54, 1.807) is 36.4 Å². The Labute approximate surface area is 153 Å². The fraction of sp³-hybridized carbons (Fsp3) is 0.111. The summed E-state index contributed by atoms with van der Waals surface area (Å²) in [6.45, 7) is 1.31. The van der Waals surface area contributed by atoms with Crippen LogP contribution in [-0.4, -0.2) is 29.0 Å². The lowest BCUT2D eigenvalue weighted by Crippen LogP contribution is -2.18. The maximum atomic E-state index is 12.5. The molecule has 1 N–H and O–H groups in total. The Bertz CT molecular complexity index is 1130. The Hall–Kier alpha value is -3.26. The van der Waals surface area contributed by atoms with Crippen LogP contribution in [0.25, 0.3) is 10.9 Å². The van der Waals surface area contributed by atoms with E-state index in [4.69, 9.17) is 21.7 Å². The normalized spacial score (nSPS) is 11.0. The van der Waals surface area contributed by atoms with Crippen molar-refractivity contribution in [1.82, 2.24) is 9.66 Å². The van der Waals surface area contributed by atoms with Crippen LogP contribution in [0.2, 0.25) is 0 Å². The third-order valence-corrected chi connectivity index (χ3v) is 3.82. The molecule has 0 saturated heterocycles. The van der Waals surface area contributed by atoms with Crippen LogP contribution in [-0.2, 0) is 4.79 Å². The van der Waals surface area contributed by atoms with E-state index in [1.807, 2.05) is 6.07 Å². The monoisotopic (exact) mass is 369 g/mol. The Balaban J connectivity index is 2.00. The molecular formula is C18H15N3O4S. The van der Waals surface area contributed by atoms with Crippen molar-refractivity contribution < 1.29 is 14.3 Å². The van der Waals surface area contributed by atoms with Gasteiger partial charge in [-0.25, -0.2) is 0 Å². The van der Waals surface area contributed by atoms with Crippen LogP contribution in [0.4, 0.5) is 0 Å². The first kappa shape index (κ1) is 17.6. The lowest BCUT2D eigenvalue weighted by atomic mass is 10.2. The molecule has 0 fully saturated rings. The fourth-order valence-corrected chi connectivity index (χ4v) is 2.63. The highest BCUT2D eigenvalue weighted by Crippen LogP contribution is 2.27. The molecule has 8 heteroatoms. The molecule has 0 aliphatic carbocycles. The highest BCUT2D eigenvalue weighted by molar-refractivity contribution is 7.71. The topological polar surface area (TPSA) is 85.7 Å². The van der Waals surface area contributed by atoms with E-state index in [-0.39, 0.29) is 10.3 Å². The van der Waals surface area contributed by atoms with Crippen LogP contribution in [0.5, 0.6) is 11.5 Å². The van der Waals surface area contributed by atoms with Gasteiger partial charge in [-0.1, -0.05) is 12.1 Å². The fourth-order valence-electron chi connectivity index (χ4n) is 2.39. The van der Waals surface area contributed by atoms with Gasteiger partial charge in [-0.3, -0.25) is 9.59 Å². The van der Waals surface area contributed by atoms with E-state index in [9.17, 15) is 9.59 Å². The van der Waals surface area contributed by atoms with Gasteiger partial charge in [0.15, 0.2) is 11.5 Å². The van der Waals surface area contributed by atoms with Crippen molar-refractivity contribution in [3.8, 4) is 11.5 Å². The van der Waals surface area contributed by atoms with Gasteiger partial charge in [0.2, 0.25) is 4.77 Å². The smallest absolute Gasteiger partial charge is 0.308 e. The van der Waals surface area contributed by atoms with E-state index < -0.39 is 5.97 Å². The minimum atomic E-state index is -0.446. The number of aromatic amines is 1. The number of carbonyl (C=O) groups excluding carboxylic acids is 1. The Morgan fingerprint density at radius 2 is 2.00 bits per heavy atom. The first-order chi connectivity index (χ1) is 12.5. The molecule has 26 heavy (non-hydrogen) atoms. The number of hydrogen-bond acceptors (Lipinski definition) is 6. The number of nitrogens with zero attached hydrogens (tertiary/aromatic N) is 2. The first-order valence-electron chi connectivity index (χ1n) is 7.64. The van der Waals surface area contributed by atoms with Gasteiger partial charge in [-0.05, 0) is 48.1 Å². The van der Waals surface area contributed by atoms with Crippen molar-refractivity contribution in [2.45, 2.75) is 6.92 Å². The summed E-state index contributed by atoms with van der Waals surface area (Å²) in [5, 5.41) is 4.66. The average molecular weight is 369 g/mol. The van der Waals surface area contributed by atoms with Gasteiger partial charge < -0.3 is 14.5 Å². The Morgan fingerprint density at radius 1 is 1.23 bits per heavy atom. The molecule has 1 heterocycles. The van der Waals surface area contributed by atoms with Gasteiger partial charge in [-0.2, -0.15) is 9.78 Å². The lowest BCUT2D eigenvalue weighted by molar-refractivity contribution is -0.132. The van der Waals surface area contributed by atoms with Gasteiger partial charge >= 0.3 is 5.97 Å². The number of esters is 1. The number of hydrogen-bond donors (Lipinski definition) is 1. The van der Waals surface area contributed by atoms with Crippen molar-refractivity contribution >= 4 is 35.3 Å². The molecule has 0 atom stereocenters. The summed E-state index contributed by atoms with van der Waals surface area (Å²) in [5.74, 6) is 0.233. The van der Waals surface area contributed by atoms with Crippen molar-refractivity contribution in [1.29, 1.82) is 0 Å². The number of methoxy groups -OCH3 is 1.